The Morgan fingerprint density at radius 3 is 0.621 bits per heavy atom. The first-order chi connectivity index (χ1) is 55.7. The number of rotatable bonds is 4. The molecule has 8 rings (SSSR count). The van der Waals surface area contributed by atoms with Crippen LogP contribution in [-0.4, -0.2) is 0 Å². The van der Waals surface area contributed by atoms with Gasteiger partial charge in [0.15, 0.2) is 0 Å². The molecule has 0 spiro atoms. The van der Waals surface area contributed by atoms with E-state index in [0.717, 1.165) is 12.8 Å². The molecule has 756 valence electrons. The summed E-state index contributed by atoms with van der Waals surface area (Å²) in [7, 11) is 0. The zero-order valence-corrected chi connectivity index (χ0v) is 93.0. The summed E-state index contributed by atoms with van der Waals surface area (Å²) in [4.78, 5) is 0. The van der Waals surface area contributed by atoms with Crippen LogP contribution in [0.4, 0.5) is 0 Å². The molecule has 0 N–H and O–H groups in total. The zero-order valence-electron chi connectivity index (χ0n) is 94.0. The Balaban J connectivity index is -0.000000352. The van der Waals surface area contributed by atoms with Crippen LogP contribution in [0.3, 0.4) is 0 Å². The maximum absolute atomic E-state index is 8.58. The van der Waals surface area contributed by atoms with Gasteiger partial charge in [0.1, 0.15) is 0 Å². The van der Waals surface area contributed by atoms with Crippen molar-refractivity contribution < 1.29 is 1.37 Å². The van der Waals surface area contributed by atoms with Gasteiger partial charge >= 0.3 is 0 Å². The summed E-state index contributed by atoms with van der Waals surface area (Å²) in [5.41, 5.74) is 33.6. The summed E-state index contributed by atoms with van der Waals surface area (Å²) in [6.45, 7) is 128. The van der Waals surface area contributed by atoms with E-state index in [1.165, 1.54) is 111 Å². The van der Waals surface area contributed by atoms with Crippen molar-refractivity contribution in [2.75, 3.05) is 0 Å². The molecule has 0 unspecified atom stereocenters. The second-order valence-corrected chi connectivity index (χ2v) is 55.3. The first-order valence-electron chi connectivity index (χ1n) is 48.8. The molecule has 0 amide bonds. The highest BCUT2D eigenvalue weighted by Gasteiger charge is 2.37. The van der Waals surface area contributed by atoms with Gasteiger partial charge in [-0.1, -0.05) is 604 Å². The van der Waals surface area contributed by atoms with Crippen molar-refractivity contribution in [3.63, 3.8) is 0 Å². The summed E-state index contributed by atoms with van der Waals surface area (Å²) in [6.07, 6.45) is 1.74. The summed E-state index contributed by atoms with van der Waals surface area (Å²) >= 11 is 0. The van der Waals surface area contributed by atoms with E-state index in [0.29, 0.717) is 0 Å². The average molecular weight is 1820 g/mol. The number of hydrogen-bond acceptors (Lipinski definition) is 0. The molecule has 8 aromatic carbocycles. The molecule has 0 heteroatoms. The highest BCUT2D eigenvalue weighted by Crippen LogP contribution is 2.47. The van der Waals surface area contributed by atoms with Crippen LogP contribution in [0.5, 0.6) is 0 Å². The van der Waals surface area contributed by atoms with Gasteiger partial charge in [-0.05, 0) is 233 Å². The lowest BCUT2D eigenvalue weighted by atomic mass is 9.66. The molecule has 0 aliphatic heterocycles. The molecule has 0 bridgehead atoms. The van der Waals surface area contributed by atoms with Crippen molar-refractivity contribution in [3.05, 3.63) is 269 Å². The maximum atomic E-state index is 8.58. The molecule has 0 aliphatic carbocycles. The maximum Gasteiger partial charge on any atom is 0.0352 e. The van der Waals surface area contributed by atoms with Gasteiger partial charge in [-0.25, -0.2) is 0 Å². The van der Waals surface area contributed by atoms with Crippen LogP contribution in [0.2, 0.25) is 0 Å². The van der Waals surface area contributed by atoms with Gasteiger partial charge in [0.25, 0.3) is 0 Å². The van der Waals surface area contributed by atoms with Crippen LogP contribution in [0, 0.1) is 0 Å². The second kappa shape index (κ2) is 49.4. The zero-order chi connectivity index (χ0) is 99.1. The molecule has 0 radical (unpaired) electrons. The van der Waals surface area contributed by atoms with E-state index in [4.69, 9.17) is 1.37 Å². The molecule has 132 heavy (non-hydrogen) atoms. The van der Waals surface area contributed by atoms with E-state index in [2.05, 4.69) is 552 Å². The lowest BCUT2D eigenvalue weighted by Gasteiger charge is -2.38. The first kappa shape index (κ1) is 134. The Morgan fingerprint density at radius 1 is 0.174 bits per heavy atom. The molecule has 0 saturated heterocycles. The SMILES string of the molecule is C.C.C.C.C.C.C.CC(C)(C)c1cc(C(C)(C)C)c(C(C)(C)C)c(C(C)(C)C)c1.CC(C)(C)c1cc(C(C)(C)C)cc(C(C)(C)C)c1.CC(C)(C)c1ccc(C(C)(C)C)c(C(C)(C)C)c1.CC(C)(C)c1ccc(C(C)(C)C)c(C(C)(C)C)c1.CC(C)(C)c1cccc(-c2ccccc2)c1C(C)(C)C.CC(C)(C)c1ccccc1C(C)(C)C.[2H]C(CC)(CC)c1ccccc1C(C)(C)C. The third-order valence-corrected chi connectivity index (χ3v) is 24.1. The molecule has 0 heterocycles. The van der Waals surface area contributed by atoms with E-state index in [1.807, 2.05) is 0 Å². The lowest BCUT2D eigenvalue weighted by molar-refractivity contribution is 0.490. The summed E-state index contributed by atoms with van der Waals surface area (Å²) in [5, 5.41) is 0. The monoisotopic (exact) mass is 1810 g/mol. The molecular formula is C132H228. The smallest absolute Gasteiger partial charge is 0.0352 e. The Kier molecular flexibility index (Phi) is 50.2. The fourth-order valence-electron chi connectivity index (χ4n) is 16.3. The van der Waals surface area contributed by atoms with Crippen molar-refractivity contribution in [1.82, 2.24) is 0 Å². The van der Waals surface area contributed by atoms with E-state index < -0.39 is 5.89 Å². The summed E-state index contributed by atoms with van der Waals surface area (Å²) < 4.78 is 8.58. The number of benzene rings is 8. The van der Waals surface area contributed by atoms with Gasteiger partial charge in [-0.2, -0.15) is 0 Å². The minimum atomic E-state index is -0.427. The fourth-order valence-corrected chi connectivity index (χ4v) is 16.3. The highest BCUT2D eigenvalue weighted by molar-refractivity contribution is 5.71. The Labute approximate surface area is 832 Å². The predicted octanol–water partition coefficient (Wildman–Crippen LogP) is 43.2. The molecule has 0 aliphatic rings. The van der Waals surface area contributed by atoms with Crippen molar-refractivity contribution in [1.29, 1.82) is 0 Å². The Hall–Kier alpha value is -6.24. The molecular weight excluding hydrogens is 1590 g/mol. The lowest BCUT2D eigenvalue weighted by Crippen LogP contribution is -2.29. The van der Waals surface area contributed by atoms with Gasteiger partial charge < -0.3 is 0 Å². The highest BCUT2D eigenvalue weighted by atomic mass is 14.4. The van der Waals surface area contributed by atoms with Crippen molar-refractivity contribution in [2.45, 2.75) is 556 Å². The van der Waals surface area contributed by atoms with Gasteiger partial charge in [0.05, 0.1) is 0 Å². The third kappa shape index (κ3) is 41.6. The first-order valence-corrected chi connectivity index (χ1v) is 48.3. The van der Waals surface area contributed by atoms with Gasteiger partial charge in [0.2, 0.25) is 0 Å². The number of hydrogen-bond donors (Lipinski definition) is 0. The van der Waals surface area contributed by atoms with Crippen LogP contribution in [0.1, 0.15) is 566 Å². The molecule has 0 saturated carbocycles. The molecule has 8 aromatic rings. The van der Waals surface area contributed by atoms with E-state index >= 15 is 0 Å². The van der Waals surface area contributed by atoms with Crippen molar-refractivity contribution in [3.8, 4) is 11.1 Å². The molecule has 0 fully saturated rings. The van der Waals surface area contributed by atoms with Gasteiger partial charge in [0, 0.05) is 1.37 Å². The third-order valence-electron chi connectivity index (χ3n) is 24.1. The minimum absolute atomic E-state index is 0. The Bertz CT molecular complexity index is 4480. The molecule has 0 aromatic heterocycles. The van der Waals surface area contributed by atoms with Gasteiger partial charge in [-0.3, -0.25) is 0 Å². The molecule has 0 nitrogen and oxygen atoms in total. The van der Waals surface area contributed by atoms with Crippen LogP contribution >= 0.6 is 0 Å². The standard InChI is InChI=1S/C22H38.C20H26.3C18H30.C15H24.C14H22.7CH4/c1-19(2,3)15-13-16(20(4,5)6)18(22(10,11)12)17(14-15)21(7,8)9;1-19(2,3)17-14-10-13-16(18(17)20(4,5)6)15-11-8-7-9-12-15;1-16(2,3)13-10-14(17(4,5)6)12-15(11-13)18(7,8)9;2*1-16(2,3)13-10-11-14(17(4,5)6)15(12-13)18(7,8)9;1-6-12(7-2)13-10-8-9-11-14(13)15(3,4)5;1-13(2,3)11-9-7-8-10-12(11)14(4,5)6;;;;;;;/h13-14H,1-12H3;7-14H,1-6H3;3*10-12H,1-9H3;8-12H,6-7H2,1-5H3;7-10H,1-6H3;7*1H4/i;;;;;12D;;;;;;;;. The minimum Gasteiger partial charge on any atom is -0.0776 e. The topological polar surface area (TPSA) is 0 Å². The van der Waals surface area contributed by atoms with Crippen molar-refractivity contribution in [2.24, 2.45) is 0 Å². The molecule has 0 atom stereocenters. The van der Waals surface area contributed by atoms with Crippen LogP contribution in [0.15, 0.2) is 164 Å². The largest absolute Gasteiger partial charge is 0.0776 e. The van der Waals surface area contributed by atoms with Gasteiger partial charge in [-0.15, -0.1) is 0 Å². The van der Waals surface area contributed by atoms with Crippen LogP contribution in [0.25, 0.3) is 11.1 Å². The van der Waals surface area contributed by atoms with E-state index in [-0.39, 0.29) is 149 Å². The average Bonchev–Trinajstić information content (AvgIpc) is 0.731. The quantitative estimate of drug-likeness (QED) is 0.165. The second-order valence-electron chi connectivity index (χ2n) is 55.3. The summed E-state index contributed by atoms with van der Waals surface area (Å²) in [5.74, 6) is -0.427. The van der Waals surface area contributed by atoms with Crippen molar-refractivity contribution >= 4 is 0 Å². The normalized spacial score (nSPS) is 12.9. The van der Waals surface area contributed by atoms with E-state index in [9.17, 15) is 0 Å². The Morgan fingerprint density at radius 2 is 0.386 bits per heavy atom. The van der Waals surface area contributed by atoms with E-state index in [1.54, 1.807) is 5.56 Å². The fraction of sp³-hybridized carbons (Fsp3) is 0.636. The summed E-state index contributed by atoms with van der Waals surface area (Å²) in [6, 6.07) is 60.8. The van der Waals surface area contributed by atoms with Crippen LogP contribution in [-0.2, 0) is 97.5 Å². The predicted molar refractivity (Wildman–Crippen MR) is 618 cm³/mol. The van der Waals surface area contributed by atoms with Crippen LogP contribution < -0.4 is 0 Å².